The molecule has 18 heavy (non-hydrogen) atoms. The second-order valence-electron chi connectivity index (χ2n) is 3.55. The standard InChI is InChI=1S/C12H10FN5/c1-18(7-14)12-6-11(15-8-16-12)17-10-4-2-9(13)3-5-10/h2-6,8H,1H3,(H,15,16,17). The van der Waals surface area contributed by atoms with Crippen LogP contribution in [0.15, 0.2) is 36.7 Å². The first-order valence-corrected chi connectivity index (χ1v) is 5.17. The average molecular weight is 243 g/mol. The Morgan fingerprint density at radius 3 is 2.67 bits per heavy atom. The molecule has 0 bridgehead atoms. The van der Waals surface area contributed by atoms with E-state index in [1.807, 2.05) is 6.19 Å². The molecule has 0 saturated heterocycles. The van der Waals surface area contributed by atoms with Gasteiger partial charge >= 0.3 is 0 Å². The van der Waals surface area contributed by atoms with Crippen LogP contribution in [-0.2, 0) is 0 Å². The van der Waals surface area contributed by atoms with Crippen molar-refractivity contribution in [2.24, 2.45) is 0 Å². The van der Waals surface area contributed by atoms with Gasteiger partial charge in [0.25, 0.3) is 0 Å². The molecule has 0 aliphatic heterocycles. The number of nitriles is 1. The Bertz CT molecular complexity index is 576. The van der Waals surface area contributed by atoms with E-state index in [0.717, 1.165) is 0 Å². The summed E-state index contributed by atoms with van der Waals surface area (Å²) >= 11 is 0. The van der Waals surface area contributed by atoms with Gasteiger partial charge in [-0.1, -0.05) is 0 Å². The Labute approximate surface area is 104 Å². The summed E-state index contributed by atoms with van der Waals surface area (Å²) < 4.78 is 12.7. The number of hydrogen-bond donors (Lipinski definition) is 1. The van der Waals surface area contributed by atoms with E-state index in [0.29, 0.717) is 17.3 Å². The van der Waals surface area contributed by atoms with Gasteiger partial charge in [0.1, 0.15) is 23.8 Å². The Kier molecular flexibility index (Phi) is 3.34. The fourth-order valence-corrected chi connectivity index (χ4v) is 1.33. The first kappa shape index (κ1) is 11.8. The van der Waals surface area contributed by atoms with Crippen LogP contribution in [0.5, 0.6) is 0 Å². The summed E-state index contributed by atoms with van der Waals surface area (Å²) in [6.45, 7) is 0. The van der Waals surface area contributed by atoms with Crippen molar-refractivity contribution in [3.63, 3.8) is 0 Å². The van der Waals surface area contributed by atoms with Crippen LogP contribution in [0.3, 0.4) is 0 Å². The molecule has 0 spiro atoms. The average Bonchev–Trinajstić information content (AvgIpc) is 2.41. The van der Waals surface area contributed by atoms with Crippen LogP contribution in [0.1, 0.15) is 0 Å². The highest BCUT2D eigenvalue weighted by molar-refractivity contribution is 5.59. The van der Waals surface area contributed by atoms with Crippen molar-refractivity contribution in [3.8, 4) is 6.19 Å². The third-order valence-electron chi connectivity index (χ3n) is 2.26. The minimum atomic E-state index is -0.298. The lowest BCUT2D eigenvalue weighted by Crippen LogP contribution is -2.10. The molecule has 0 amide bonds. The zero-order valence-corrected chi connectivity index (χ0v) is 9.63. The van der Waals surface area contributed by atoms with Crippen molar-refractivity contribution >= 4 is 17.3 Å². The minimum Gasteiger partial charge on any atom is -0.340 e. The molecule has 90 valence electrons. The van der Waals surface area contributed by atoms with Gasteiger partial charge in [0, 0.05) is 18.8 Å². The van der Waals surface area contributed by atoms with E-state index in [2.05, 4.69) is 15.3 Å². The van der Waals surface area contributed by atoms with E-state index in [1.165, 1.54) is 23.4 Å². The molecule has 0 saturated carbocycles. The number of aromatic nitrogens is 2. The molecule has 0 aliphatic carbocycles. The van der Waals surface area contributed by atoms with Crippen molar-refractivity contribution in [2.75, 3.05) is 17.3 Å². The molecule has 5 nitrogen and oxygen atoms in total. The van der Waals surface area contributed by atoms with Gasteiger partial charge in [0.05, 0.1) is 0 Å². The smallest absolute Gasteiger partial charge is 0.185 e. The van der Waals surface area contributed by atoms with E-state index in [-0.39, 0.29) is 5.82 Å². The molecule has 1 N–H and O–H groups in total. The molecule has 0 unspecified atom stereocenters. The highest BCUT2D eigenvalue weighted by Gasteiger charge is 2.03. The molecule has 2 aromatic rings. The Morgan fingerprint density at radius 1 is 1.28 bits per heavy atom. The molecule has 1 aromatic carbocycles. The second kappa shape index (κ2) is 5.10. The largest absolute Gasteiger partial charge is 0.340 e. The SMILES string of the molecule is CN(C#N)c1cc(Nc2ccc(F)cc2)ncn1. The summed E-state index contributed by atoms with van der Waals surface area (Å²) in [5.41, 5.74) is 0.709. The lowest BCUT2D eigenvalue weighted by Gasteiger charge is -2.09. The molecule has 1 aromatic heterocycles. The number of halogens is 1. The summed E-state index contributed by atoms with van der Waals surface area (Å²) in [6.07, 6.45) is 3.30. The van der Waals surface area contributed by atoms with Crippen LogP contribution in [0, 0.1) is 17.3 Å². The summed E-state index contributed by atoms with van der Waals surface area (Å²) in [7, 11) is 1.60. The van der Waals surface area contributed by atoms with Gasteiger partial charge in [0.2, 0.25) is 0 Å². The van der Waals surface area contributed by atoms with Gasteiger partial charge in [-0.15, -0.1) is 0 Å². The second-order valence-corrected chi connectivity index (χ2v) is 3.55. The third kappa shape index (κ3) is 2.71. The zero-order chi connectivity index (χ0) is 13.0. The van der Waals surface area contributed by atoms with Gasteiger partial charge in [-0.25, -0.2) is 14.4 Å². The number of nitrogens with one attached hydrogen (secondary N) is 1. The van der Waals surface area contributed by atoms with E-state index < -0.39 is 0 Å². The Hall–Kier alpha value is -2.68. The minimum absolute atomic E-state index is 0.298. The van der Waals surface area contributed by atoms with E-state index in [9.17, 15) is 4.39 Å². The number of anilines is 3. The van der Waals surface area contributed by atoms with Crippen molar-refractivity contribution in [1.82, 2.24) is 9.97 Å². The van der Waals surface area contributed by atoms with Crippen LogP contribution in [0.25, 0.3) is 0 Å². The van der Waals surface area contributed by atoms with Crippen molar-refractivity contribution < 1.29 is 4.39 Å². The first-order valence-electron chi connectivity index (χ1n) is 5.17. The van der Waals surface area contributed by atoms with Crippen LogP contribution in [0.2, 0.25) is 0 Å². The number of hydrogen-bond acceptors (Lipinski definition) is 5. The van der Waals surface area contributed by atoms with Crippen molar-refractivity contribution in [1.29, 1.82) is 5.26 Å². The number of nitrogens with zero attached hydrogens (tertiary/aromatic N) is 4. The van der Waals surface area contributed by atoms with Gasteiger partial charge in [-0.3, -0.25) is 4.90 Å². The zero-order valence-electron chi connectivity index (χ0n) is 9.63. The normalized spacial score (nSPS) is 9.61. The summed E-state index contributed by atoms with van der Waals surface area (Å²) in [4.78, 5) is 9.30. The number of rotatable bonds is 3. The van der Waals surface area contributed by atoms with E-state index in [1.54, 1.807) is 25.2 Å². The highest BCUT2D eigenvalue weighted by atomic mass is 19.1. The Morgan fingerprint density at radius 2 is 2.00 bits per heavy atom. The predicted octanol–water partition coefficient (Wildman–Crippen LogP) is 2.28. The molecular weight excluding hydrogens is 233 g/mol. The molecular formula is C12H10FN5. The predicted molar refractivity (Wildman–Crippen MR) is 65.7 cm³/mol. The van der Waals surface area contributed by atoms with E-state index >= 15 is 0 Å². The Balaban J connectivity index is 2.19. The van der Waals surface area contributed by atoms with Gasteiger partial charge < -0.3 is 5.32 Å². The van der Waals surface area contributed by atoms with Gasteiger partial charge in [0.15, 0.2) is 6.19 Å². The molecule has 0 fully saturated rings. The monoisotopic (exact) mass is 243 g/mol. The number of benzene rings is 1. The summed E-state index contributed by atoms with van der Waals surface area (Å²) in [5, 5.41) is 11.7. The maximum absolute atomic E-state index is 12.7. The maximum atomic E-state index is 12.7. The molecule has 0 atom stereocenters. The van der Waals surface area contributed by atoms with Gasteiger partial charge in [-0.05, 0) is 24.3 Å². The molecule has 1 heterocycles. The fraction of sp³-hybridized carbons (Fsp3) is 0.0833. The molecule has 0 radical (unpaired) electrons. The van der Waals surface area contributed by atoms with Gasteiger partial charge in [-0.2, -0.15) is 5.26 Å². The van der Waals surface area contributed by atoms with E-state index in [4.69, 9.17) is 5.26 Å². The molecule has 2 rings (SSSR count). The van der Waals surface area contributed by atoms with Crippen LogP contribution in [0.4, 0.5) is 21.7 Å². The quantitative estimate of drug-likeness (QED) is 0.661. The highest BCUT2D eigenvalue weighted by Crippen LogP contribution is 2.17. The van der Waals surface area contributed by atoms with Crippen LogP contribution >= 0.6 is 0 Å². The van der Waals surface area contributed by atoms with Crippen molar-refractivity contribution in [3.05, 3.63) is 42.5 Å². The summed E-state index contributed by atoms with van der Waals surface area (Å²) in [5.74, 6) is 0.721. The fourth-order valence-electron chi connectivity index (χ4n) is 1.33. The van der Waals surface area contributed by atoms with Crippen LogP contribution < -0.4 is 10.2 Å². The topological polar surface area (TPSA) is 64.8 Å². The maximum Gasteiger partial charge on any atom is 0.185 e. The lowest BCUT2D eigenvalue weighted by molar-refractivity contribution is 0.628. The van der Waals surface area contributed by atoms with Crippen molar-refractivity contribution in [2.45, 2.75) is 0 Å². The summed E-state index contributed by atoms with van der Waals surface area (Å²) in [6, 6.07) is 7.54. The van der Waals surface area contributed by atoms with Crippen LogP contribution in [-0.4, -0.2) is 17.0 Å². The molecule has 6 heteroatoms. The lowest BCUT2D eigenvalue weighted by atomic mass is 10.3. The molecule has 0 aliphatic rings. The first-order chi connectivity index (χ1) is 8.69. The third-order valence-corrected chi connectivity index (χ3v) is 2.26.